The second kappa shape index (κ2) is 4.13. The third kappa shape index (κ3) is 2.72. The minimum Gasteiger partial charge on any atom is -0.272 e. The highest BCUT2D eigenvalue weighted by Gasteiger charge is 2.12. The molecule has 0 aliphatic carbocycles. The highest BCUT2D eigenvalue weighted by Crippen LogP contribution is 1.99. The zero-order valence-electron chi connectivity index (χ0n) is 7.72. The maximum Gasteiger partial charge on any atom is 0.263 e. The third-order valence-electron chi connectivity index (χ3n) is 1.38. The molecule has 0 atom stereocenters. The lowest BCUT2D eigenvalue weighted by molar-refractivity contribution is -0.139. The minimum atomic E-state index is -0.0162. The molecule has 0 aromatic heterocycles. The Kier molecular flexibility index (Phi) is 3.82. The largest absolute Gasteiger partial charge is 0.272 e. The summed E-state index contributed by atoms with van der Waals surface area (Å²) in [5.74, 6) is -0.0162. The smallest absolute Gasteiger partial charge is 0.263 e. The molecule has 0 radical (unpaired) electrons. The summed E-state index contributed by atoms with van der Waals surface area (Å²) in [7, 11) is 3.68. The Morgan fingerprint density at radius 2 is 1.91 bits per heavy atom. The van der Waals surface area contributed by atoms with E-state index < -0.39 is 0 Å². The van der Waals surface area contributed by atoms with Crippen LogP contribution in [0.3, 0.4) is 0 Å². The van der Waals surface area contributed by atoms with Crippen LogP contribution in [0.2, 0.25) is 0 Å². The predicted molar refractivity (Wildman–Crippen MR) is 45.9 cm³/mol. The number of hydrazine groups is 1. The Hall–Kier alpha value is -0.830. The first-order valence-electron chi connectivity index (χ1n) is 3.65. The number of rotatable bonds is 3. The molecule has 0 bridgehead atoms. The molecule has 0 heterocycles. The van der Waals surface area contributed by atoms with Crippen LogP contribution < -0.4 is 0 Å². The van der Waals surface area contributed by atoms with Gasteiger partial charge in [0.1, 0.15) is 0 Å². The van der Waals surface area contributed by atoms with Gasteiger partial charge in [0.15, 0.2) is 0 Å². The summed E-state index contributed by atoms with van der Waals surface area (Å²) < 4.78 is 0. The van der Waals surface area contributed by atoms with E-state index in [4.69, 9.17) is 0 Å². The van der Waals surface area contributed by atoms with Crippen LogP contribution in [0.4, 0.5) is 0 Å². The van der Waals surface area contributed by atoms with Gasteiger partial charge in [-0.25, -0.2) is 5.01 Å². The van der Waals surface area contributed by atoms with Crippen molar-refractivity contribution in [2.75, 3.05) is 20.6 Å². The van der Waals surface area contributed by atoms with Gasteiger partial charge in [0.2, 0.25) is 0 Å². The molecule has 1 amide bonds. The molecule has 3 nitrogen and oxygen atoms in total. The van der Waals surface area contributed by atoms with Crippen molar-refractivity contribution >= 4 is 5.91 Å². The molecule has 0 aliphatic heterocycles. The SMILES string of the molecule is C=C(C)C(=O)N(CC)N(C)C. The summed E-state index contributed by atoms with van der Waals surface area (Å²) in [5.41, 5.74) is 0.570. The molecular formula is C8H16N2O. The molecule has 0 aromatic carbocycles. The van der Waals surface area contributed by atoms with Crippen molar-refractivity contribution in [3.05, 3.63) is 12.2 Å². The standard InChI is InChI=1S/C8H16N2O/c1-6-10(9(4)5)8(11)7(2)3/h2,6H2,1,3-5H3. The van der Waals surface area contributed by atoms with E-state index in [-0.39, 0.29) is 5.91 Å². The quantitative estimate of drug-likeness (QED) is 0.447. The van der Waals surface area contributed by atoms with Crippen molar-refractivity contribution in [3.63, 3.8) is 0 Å². The Bertz CT molecular complexity index is 163. The molecule has 0 spiro atoms. The van der Waals surface area contributed by atoms with E-state index in [2.05, 4.69) is 6.58 Å². The van der Waals surface area contributed by atoms with Gasteiger partial charge in [0.25, 0.3) is 5.91 Å². The molecule has 0 aromatic rings. The summed E-state index contributed by atoms with van der Waals surface area (Å²) >= 11 is 0. The number of carbonyl (C=O) groups is 1. The zero-order chi connectivity index (χ0) is 9.02. The van der Waals surface area contributed by atoms with Gasteiger partial charge in [-0.05, 0) is 13.8 Å². The van der Waals surface area contributed by atoms with E-state index in [0.717, 1.165) is 0 Å². The van der Waals surface area contributed by atoms with Gasteiger partial charge < -0.3 is 0 Å². The number of hydrogen-bond donors (Lipinski definition) is 0. The van der Waals surface area contributed by atoms with Crippen LogP contribution in [0.1, 0.15) is 13.8 Å². The number of nitrogens with zero attached hydrogens (tertiary/aromatic N) is 2. The van der Waals surface area contributed by atoms with E-state index in [1.807, 2.05) is 21.0 Å². The van der Waals surface area contributed by atoms with Gasteiger partial charge in [-0.1, -0.05) is 6.58 Å². The zero-order valence-corrected chi connectivity index (χ0v) is 7.72. The average molecular weight is 156 g/mol. The van der Waals surface area contributed by atoms with Crippen molar-refractivity contribution in [2.45, 2.75) is 13.8 Å². The van der Waals surface area contributed by atoms with Gasteiger partial charge in [-0.15, -0.1) is 0 Å². The molecule has 64 valence electrons. The van der Waals surface area contributed by atoms with Gasteiger partial charge in [0, 0.05) is 26.2 Å². The van der Waals surface area contributed by atoms with E-state index >= 15 is 0 Å². The van der Waals surface area contributed by atoms with Crippen LogP contribution in [0.25, 0.3) is 0 Å². The monoisotopic (exact) mass is 156 g/mol. The number of carbonyl (C=O) groups excluding carboxylic acids is 1. The molecule has 0 rings (SSSR count). The second-order valence-corrected chi connectivity index (χ2v) is 2.65. The van der Waals surface area contributed by atoms with Gasteiger partial charge in [-0.3, -0.25) is 9.80 Å². The molecule has 0 aliphatic rings. The van der Waals surface area contributed by atoms with E-state index in [0.29, 0.717) is 12.1 Å². The van der Waals surface area contributed by atoms with E-state index in [9.17, 15) is 4.79 Å². The summed E-state index contributed by atoms with van der Waals surface area (Å²) in [4.78, 5) is 11.3. The van der Waals surface area contributed by atoms with Crippen molar-refractivity contribution in [3.8, 4) is 0 Å². The van der Waals surface area contributed by atoms with Crippen molar-refractivity contribution in [2.24, 2.45) is 0 Å². The molecular weight excluding hydrogens is 140 g/mol. The lowest BCUT2D eigenvalue weighted by Gasteiger charge is -2.27. The number of likely N-dealkylation sites (N-methyl/N-ethyl adjacent to an activating group) is 1. The molecule has 3 heteroatoms. The van der Waals surface area contributed by atoms with E-state index in [1.165, 1.54) is 0 Å². The first-order valence-corrected chi connectivity index (χ1v) is 3.65. The van der Waals surface area contributed by atoms with E-state index in [1.54, 1.807) is 16.9 Å². The molecule has 11 heavy (non-hydrogen) atoms. The Labute approximate surface area is 68.3 Å². The van der Waals surface area contributed by atoms with Gasteiger partial charge >= 0.3 is 0 Å². The van der Waals surface area contributed by atoms with Crippen LogP contribution in [-0.2, 0) is 4.79 Å². The van der Waals surface area contributed by atoms with Crippen LogP contribution in [0.5, 0.6) is 0 Å². The summed E-state index contributed by atoms with van der Waals surface area (Å²) in [6, 6.07) is 0. The normalized spacial score (nSPS) is 9.91. The summed E-state index contributed by atoms with van der Waals surface area (Å²) in [6.45, 7) is 7.92. The molecule has 0 unspecified atom stereocenters. The maximum absolute atomic E-state index is 11.3. The molecule has 0 saturated carbocycles. The van der Waals surface area contributed by atoms with Crippen molar-refractivity contribution in [1.29, 1.82) is 0 Å². The Morgan fingerprint density at radius 3 is 2.00 bits per heavy atom. The van der Waals surface area contributed by atoms with Gasteiger partial charge in [0.05, 0.1) is 0 Å². The highest BCUT2D eigenvalue weighted by molar-refractivity contribution is 5.91. The summed E-state index contributed by atoms with van der Waals surface area (Å²) in [6.07, 6.45) is 0. The number of amides is 1. The lowest BCUT2D eigenvalue weighted by atomic mass is 10.3. The highest BCUT2D eigenvalue weighted by atomic mass is 16.2. The Morgan fingerprint density at radius 1 is 1.45 bits per heavy atom. The van der Waals surface area contributed by atoms with Crippen LogP contribution >= 0.6 is 0 Å². The fourth-order valence-corrected chi connectivity index (χ4v) is 0.828. The predicted octanol–water partition coefficient (Wildman–Crippen LogP) is 0.888. The molecule has 0 saturated heterocycles. The summed E-state index contributed by atoms with van der Waals surface area (Å²) in [5, 5.41) is 3.39. The fourth-order valence-electron chi connectivity index (χ4n) is 0.828. The Balaban J connectivity index is 4.26. The fraction of sp³-hybridized carbons (Fsp3) is 0.625. The first kappa shape index (κ1) is 10.2. The first-order chi connectivity index (χ1) is 5.00. The number of hydrogen-bond acceptors (Lipinski definition) is 2. The van der Waals surface area contributed by atoms with Crippen LogP contribution in [0, 0.1) is 0 Å². The topological polar surface area (TPSA) is 23.6 Å². The average Bonchev–Trinajstić information content (AvgIpc) is 1.88. The second-order valence-electron chi connectivity index (χ2n) is 2.65. The lowest BCUT2D eigenvalue weighted by Crippen LogP contribution is -2.41. The van der Waals surface area contributed by atoms with Crippen molar-refractivity contribution in [1.82, 2.24) is 10.0 Å². The van der Waals surface area contributed by atoms with Crippen LogP contribution in [-0.4, -0.2) is 36.6 Å². The minimum absolute atomic E-state index is 0.0162. The van der Waals surface area contributed by atoms with Gasteiger partial charge in [-0.2, -0.15) is 0 Å². The maximum atomic E-state index is 11.3. The molecule has 0 N–H and O–H groups in total. The third-order valence-corrected chi connectivity index (χ3v) is 1.38. The van der Waals surface area contributed by atoms with Crippen LogP contribution in [0.15, 0.2) is 12.2 Å². The van der Waals surface area contributed by atoms with Crippen molar-refractivity contribution < 1.29 is 4.79 Å². The molecule has 0 fully saturated rings.